The largest absolute Gasteiger partial charge is 0.345 e. The van der Waals surface area contributed by atoms with Gasteiger partial charge < -0.3 is 9.88 Å². The molecule has 5 nitrogen and oxygen atoms in total. The van der Waals surface area contributed by atoms with Gasteiger partial charge in [0.05, 0.1) is 24.1 Å². The second kappa shape index (κ2) is 8.41. The molecular weight excluding hydrogens is 430 g/mol. The van der Waals surface area contributed by atoms with Crippen molar-refractivity contribution in [1.29, 1.82) is 0 Å². The molecule has 0 aliphatic rings. The van der Waals surface area contributed by atoms with Crippen LogP contribution < -0.4 is 5.32 Å². The molecule has 0 aliphatic heterocycles. The van der Waals surface area contributed by atoms with Crippen LogP contribution >= 0.6 is 15.9 Å². The number of amides is 1. The van der Waals surface area contributed by atoms with Crippen LogP contribution in [-0.2, 0) is 13.1 Å². The molecule has 3 aromatic carbocycles. The summed E-state index contributed by atoms with van der Waals surface area (Å²) in [6.07, 6.45) is 0. The lowest BCUT2D eigenvalue weighted by molar-refractivity contribution is 0.0949. The lowest BCUT2D eigenvalue weighted by Gasteiger charge is -2.10. The molecule has 144 valence electrons. The lowest BCUT2D eigenvalue weighted by atomic mass is 10.1. The summed E-state index contributed by atoms with van der Waals surface area (Å²) in [6, 6.07) is 24.0. The average molecular weight is 448 g/mol. The van der Waals surface area contributed by atoms with Gasteiger partial charge in [-0.3, -0.25) is 9.59 Å². The van der Waals surface area contributed by atoms with E-state index in [9.17, 15) is 9.59 Å². The average Bonchev–Trinajstić information content (AvgIpc) is 3.10. The molecule has 0 radical (unpaired) electrons. The summed E-state index contributed by atoms with van der Waals surface area (Å²) < 4.78 is 2.79. The number of nitrogens with zero attached hydrogens (tertiary/aromatic N) is 2. The molecule has 0 atom stereocenters. The molecular formula is C23H18BrN3O2. The number of hydrogen-bond acceptors (Lipinski definition) is 3. The van der Waals surface area contributed by atoms with E-state index >= 15 is 0 Å². The van der Waals surface area contributed by atoms with Crippen molar-refractivity contribution in [2.24, 2.45) is 0 Å². The number of hydrogen-bond donors (Lipinski definition) is 1. The van der Waals surface area contributed by atoms with Gasteiger partial charge in [-0.1, -0.05) is 58.4 Å². The van der Waals surface area contributed by atoms with E-state index in [1.54, 1.807) is 24.3 Å². The SMILES string of the molecule is O=C(Cn1c(CNC(=O)c2ccccc2)nc2ccccc21)c1ccc(Br)cc1. The van der Waals surface area contributed by atoms with E-state index in [-0.39, 0.29) is 24.8 Å². The van der Waals surface area contributed by atoms with Crippen molar-refractivity contribution in [1.82, 2.24) is 14.9 Å². The number of aromatic nitrogens is 2. The first-order chi connectivity index (χ1) is 14.1. The maximum absolute atomic E-state index is 12.8. The molecule has 0 spiro atoms. The molecule has 29 heavy (non-hydrogen) atoms. The number of benzene rings is 3. The van der Waals surface area contributed by atoms with Gasteiger partial charge in [-0.15, -0.1) is 0 Å². The first-order valence-corrected chi connectivity index (χ1v) is 9.97. The van der Waals surface area contributed by atoms with Crippen molar-refractivity contribution in [3.8, 4) is 0 Å². The molecule has 0 unspecified atom stereocenters. The summed E-state index contributed by atoms with van der Waals surface area (Å²) >= 11 is 3.39. The van der Waals surface area contributed by atoms with Gasteiger partial charge in [0.25, 0.3) is 5.91 Å². The molecule has 0 aliphatic carbocycles. The van der Waals surface area contributed by atoms with Gasteiger partial charge in [0.2, 0.25) is 0 Å². The number of fused-ring (bicyclic) bond motifs is 1. The number of imidazole rings is 1. The molecule has 0 saturated carbocycles. The summed E-state index contributed by atoms with van der Waals surface area (Å²) in [7, 11) is 0. The lowest BCUT2D eigenvalue weighted by Crippen LogP contribution is -2.25. The molecule has 1 aromatic heterocycles. The second-order valence-corrected chi connectivity index (χ2v) is 7.50. The number of halogens is 1. The van der Waals surface area contributed by atoms with Crippen LogP contribution in [-0.4, -0.2) is 21.2 Å². The third-order valence-corrected chi connectivity index (χ3v) is 5.17. The number of ketones is 1. The summed E-state index contributed by atoms with van der Waals surface area (Å²) in [5.74, 6) is 0.445. The maximum atomic E-state index is 12.8. The Morgan fingerprint density at radius 1 is 0.862 bits per heavy atom. The minimum Gasteiger partial charge on any atom is -0.345 e. The zero-order valence-corrected chi connectivity index (χ0v) is 17.1. The Kier molecular flexibility index (Phi) is 5.53. The van der Waals surface area contributed by atoms with Crippen molar-refractivity contribution in [3.05, 3.63) is 100 Å². The van der Waals surface area contributed by atoms with E-state index in [1.807, 2.05) is 59.2 Å². The van der Waals surface area contributed by atoms with Gasteiger partial charge in [-0.25, -0.2) is 4.98 Å². The van der Waals surface area contributed by atoms with Gasteiger partial charge >= 0.3 is 0 Å². The molecule has 4 rings (SSSR count). The Bertz CT molecular complexity index is 1170. The number of carbonyl (C=O) groups is 2. The van der Waals surface area contributed by atoms with Gasteiger partial charge in [-0.05, 0) is 36.4 Å². The monoisotopic (exact) mass is 447 g/mol. The van der Waals surface area contributed by atoms with Crippen molar-refractivity contribution < 1.29 is 9.59 Å². The smallest absolute Gasteiger partial charge is 0.251 e. The van der Waals surface area contributed by atoms with Gasteiger partial charge in [0.15, 0.2) is 5.78 Å². The summed E-state index contributed by atoms with van der Waals surface area (Å²) in [5.41, 5.74) is 2.87. The van der Waals surface area contributed by atoms with E-state index in [4.69, 9.17) is 0 Å². The highest BCUT2D eigenvalue weighted by molar-refractivity contribution is 9.10. The van der Waals surface area contributed by atoms with E-state index in [0.717, 1.165) is 15.5 Å². The second-order valence-electron chi connectivity index (χ2n) is 6.58. The molecule has 0 fully saturated rings. The molecule has 1 N–H and O–H groups in total. The Labute approximate surface area is 176 Å². The fourth-order valence-corrected chi connectivity index (χ4v) is 3.42. The van der Waals surface area contributed by atoms with Gasteiger partial charge in [0, 0.05) is 15.6 Å². The van der Waals surface area contributed by atoms with Gasteiger partial charge in [-0.2, -0.15) is 0 Å². The maximum Gasteiger partial charge on any atom is 0.251 e. The third-order valence-electron chi connectivity index (χ3n) is 4.64. The highest BCUT2D eigenvalue weighted by Gasteiger charge is 2.16. The summed E-state index contributed by atoms with van der Waals surface area (Å²) in [6.45, 7) is 0.384. The zero-order chi connectivity index (χ0) is 20.2. The van der Waals surface area contributed by atoms with Crippen LogP contribution in [0.15, 0.2) is 83.3 Å². The zero-order valence-electron chi connectivity index (χ0n) is 15.5. The molecule has 0 bridgehead atoms. The van der Waals surface area contributed by atoms with Crippen LogP contribution in [0.25, 0.3) is 11.0 Å². The van der Waals surface area contributed by atoms with Crippen LogP contribution in [0.3, 0.4) is 0 Å². The quantitative estimate of drug-likeness (QED) is 0.438. The molecule has 1 amide bonds. The Balaban J connectivity index is 1.59. The van der Waals surface area contributed by atoms with Crippen LogP contribution in [0.4, 0.5) is 0 Å². The highest BCUT2D eigenvalue weighted by atomic mass is 79.9. The predicted molar refractivity (Wildman–Crippen MR) is 116 cm³/mol. The number of rotatable bonds is 6. The Morgan fingerprint density at radius 3 is 2.31 bits per heavy atom. The highest BCUT2D eigenvalue weighted by Crippen LogP contribution is 2.18. The molecule has 6 heteroatoms. The van der Waals surface area contributed by atoms with Crippen molar-refractivity contribution in [2.75, 3.05) is 0 Å². The van der Waals surface area contributed by atoms with Crippen molar-refractivity contribution >= 4 is 38.7 Å². The minimum atomic E-state index is -0.177. The summed E-state index contributed by atoms with van der Waals surface area (Å²) in [5, 5.41) is 2.90. The number of nitrogens with one attached hydrogen (secondary N) is 1. The standard InChI is InChI=1S/C23H18BrN3O2/c24-18-12-10-16(11-13-18)21(28)15-27-20-9-5-4-8-19(20)26-22(27)14-25-23(29)17-6-2-1-3-7-17/h1-13H,14-15H2,(H,25,29). The van der Waals surface area contributed by atoms with E-state index in [1.165, 1.54) is 0 Å². The number of Topliss-reactive ketones (excluding diaryl/α,β-unsaturated/α-hetero) is 1. The Hall–Kier alpha value is -3.25. The van der Waals surface area contributed by atoms with Crippen LogP contribution in [0.1, 0.15) is 26.5 Å². The van der Waals surface area contributed by atoms with Crippen molar-refractivity contribution in [2.45, 2.75) is 13.1 Å². The minimum absolute atomic E-state index is 0.0173. The normalized spacial score (nSPS) is 10.8. The van der Waals surface area contributed by atoms with Gasteiger partial charge in [0.1, 0.15) is 5.82 Å². The fraction of sp³-hybridized carbons (Fsp3) is 0.0870. The summed E-state index contributed by atoms with van der Waals surface area (Å²) in [4.78, 5) is 29.9. The van der Waals surface area contributed by atoms with E-state index in [0.29, 0.717) is 17.0 Å². The van der Waals surface area contributed by atoms with E-state index in [2.05, 4.69) is 26.2 Å². The Morgan fingerprint density at radius 2 is 1.55 bits per heavy atom. The number of carbonyl (C=O) groups excluding carboxylic acids is 2. The van der Waals surface area contributed by atoms with Crippen LogP contribution in [0.2, 0.25) is 0 Å². The van der Waals surface area contributed by atoms with E-state index < -0.39 is 0 Å². The topological polar surface area (TPSA) is 64.0 Å². The predicted octanol–water partition coefficient (Wildman–Crippen LogP) is 4.61. The van der Waals surface area contributed by atoms with Crippen molar-refractivity contribution in [3.63, 3.8) is 0 Å². The first kappa shape index (κ1) is 19.1. The molecule has 1 heterocycles. The molecule has 0 saturated heterocycles. The third kappa shape index (κ3) is 4.27. The molecule has 4 aromatic rings. The van der Waals surface area contributed by atoms with Crippen LogP contribution in [0, 0.1) is 0 Å². The van der Waals surface area contributed by atoms with Crippen LogP contribution in [0.5, 0.6) is 0 Å². The fourth-order valence-electron chi connectivity index (χ4n) is 3.16. The first-order valence-electron chi connectivity index (χ1n) is 9.18. The number of para-hydroxylation sites is 2.